The molecule has 0 aromatic rings. The Kier molecular flexibility index (Phi) is 12.8. The number of carbonyl (C=O) groups is 6. The van der Waals surface area contributed by atoms with Crippen LogP contribution in [0, 0.1) is 0 Å². The number of hydrogen-bond acceptors (Lipinski definition) is 10. The lowest BCUT2D eigenvalue weighted by Crippen LogP contribution is -2.51. The predicted octanol–water partition coefficient (Wildman–Crippen LogP) is 2.66. The monoisotopic (exact) mass is 764 g/mol. The number of nitrogens with zero attached hydrogens (tertiary/aromatic N) is 6. The number of fused-ring (bicyclic) bond motifs is 4. The lowest BCUT2D eigenvalue weighted by Gasteiger charge is -2.34. The molecule has 6 saturated heterocycles. The normalized spacial score (nSPS) is 26.4. The first-order valence-corrected chi connectivity index (χ1v) is 19.2. The number of likely N-dealkylation sites (N-methyl/N-ethyl adjacent to an activating group) is 2. The molecule has 304 valence electrons. The number of amides is 8. The quantitative estimate of drug-likeness (QED) is 0.382. The van der Waals surface area contributed by atoms with Crippen molar-refractivity contribution in [1.29, 1.82) is 0 Å². The number of nitrogens with one attached hydrogen (secondary N) is 2. The van der Waals surface area contributed by atoms with E-state index in [1.165, 1.54) is 0 Å². The maximum atomic E-state index is 12.5. The molecule has 6 fully saturated rings. The van der Waals surface area contributed by atoms with E-state index in [2.05, 4.69) is 11.0 Å². The summed E-state index contributed by atoms with van der Waals surface area (Å²) >= 11 is 0. The second kappa shape index (κ2) is 16.8. The van der Waals surface area contributed by atoms with E-state index in [4.69, 9.17) is 19.1 Å². The van der Waals surface area contributed by atoms with E-state index in [1.54, 1.807) is 43.5 Å². The maximum Gasteiger partial charge on any atom is 0.410 e. The summed E-state index contributed by atoms with van der Waals surface area (Å²) in [6, 6.07) is -0.716. The average molecular weight is 765 g/mol. The van der Waals surface area contributed by atoms with E-state index in [-0.39, 0.29) is 60.4 Å². The number of likely N-dealkylation sites (tertiary alicyclic amines) is 2. The Morgan fingerprint density at radius 3 is 1.20 bits per heavy atom. The highest BCUT2D eigenvalue weighted by Crippen LogP contribution is 2.30. The third-order valence-corrected chi connectivity index (χ3v) is 10.7. The summed E-state index contributed by atoms with van der Waals surface area (Å²) in [5, 5.41) is 0. The zero-order valence-corrected chi connectivity index (χ0v) is 33.1. The van der Waals surface area contributed by atoms with Gasteiger partial charge in [0, 0.05) is 53.4 Å². The van der Waals surface area contributed by atoms with E-state index in [0.717, 1.165) is 12.8 Å². The standard InChI is InChI=1S/2C18H30N4O5/c2*1-18(2,3)26-17(25)21-9-7-13(8-10-21)27-19-15(23)14-6-5-12-11-22(14)16(24)20(12)4/h2*12-14H,5-11H2,1-4H3,(H,19,23)/t2*12-,14+/m11/s1. The molecule has 0 radical (unpaired) electrons. The van der Waals surface area contributed by atoms with Crippen LogP contribution >= 0.6 is 0 Å². The summed E-state index contributed by atoms with van der Waals surface area (Å²) in [5.74, 6) is -0.543. The van der Waals surface area contributed by atoms with Crippen molar-refractivity contribution < 1.29 is 47.9 Å². The second-order valence-electron chi connectivity index (χ2n) is 17.1. The first-order valence-electron chi connectivity index (χ1n) is 19.2. The Hall–Kier alpha value is -4.06. The molecule has 0 aromatic heterocycles. The lowest BCUT2D eigenvalue weighted by molar-refractivity contribution is -0.146. The van der Waals surface area contributed by atoms with Gasteiger partial charge in [-0.15, -0.1) is 0 Å². The molecule has 4 bridgehead atoms. The summed E-state index contributed by atoms with van der Waals surface area (Å²) in [6.45, 7) is 14.3. The fraction of sp³-hybridized carbons (Fsp3) is 0.833. The van der Waals surface area contributed by atoms with E-state index in [0.29, 0.717) is 77.8 Å². The first kappa shape index (κ1) is 41.1. The van der Waals surface area contributed by atoms with Crippen molar-refractivity contribution in [3.05, 3.63) is 0 Å². The van der Waals surface area contributed by atoms with Gasteiger partial charge in [0.25, 0.3) is 11.8 Å². The topological polar surface area (TPSA) is 183 Å². The van der Waals surface area contributed by atoms with Crippen LogP contribution in [0.25, 0.3) is 0 Å². The molecule has 0 aliphatic carbocycles. The van der Waals surface area contributed by atoms with E-state index in [1.807, 2.05) is 41.5 Å². The van der Waals surface area contributed by atoms with Gasteiger partial charge >= 0.3 is 24.2 Å². The molecule has 6 rings (SSSR count). The number of piperidine rings is 4. The SMILES string of the molecule is CN1C(=O)N2C[C@H]1CC[C@H]2C(=O)NOC1CCN(C(=O)OC(C)(C)C)CC1.CN1C(=O)N2C[C@H]1CC[C@H]2C(=O)NOC1CCN(C(=O)OC(C)(C)C)CC1. The molecule has 0 aromatic carbocycles. The molecule has 0 unspecified atom stereocenters. The first-order chi connectivity index (χ1) is 25.3. The third kappa shape index (κ3) is 10.2. The Morgan fingerprint density at radius 1 is 0.556 bits per heavy atom. The summed E-state index contributed by atoms with van der Waals surface area (Å²) in [7, 11) is 3.56. The minimum atomic E-state index is -0.515. The molecule has 0 spiro atoms. The zero-order valence-electron chi connectivity index (χ0n) is 33.1. The van der Waals surface area contributed by atoms with Gasteiger partial charge in [-0.3, -0.25) is 19.3 Å². The van der Waals surface area contributed by atoms with Crippen LogP contribution in [0.15, 0.2) is 0 Å². The summed E-state index contributed by atoms with van der Waals surface area (Å²) in [4.78, 5) is 94.6. The van der Waals surface area contributed by atoms with Gasteiger partial charge in [-0.1, -0.05) is 0 Å². The molecule has 2 N–H and O–H groups in total. The van der Waals surface area contributed by atoms with Crippen molar-refractivity contribution in [2.45, 2.75) is 140 Å². The zero-order chi connectivity index (χ0) is 39.5. The van der Waals surface area contributed by atoms with Gasteiger partial charge in [-0.05, 0) is 92.9 Å². The van der Waals surface area contributed by atoms with Crippen LogP contribution in [0.5, 0.6) is 0 Å². The van der Waals surface area contributed by atoms with Gasteiger partial charge in [0.05, 0.1) is 24.3 Å². The van der Waals surface area contributed by atoms with Crippen LogP contribution in [0.3, 0.4) is 0 Å². The van der Waals surface area contributed by atoms with Crippen LogP contribution in [-0.2, 0) is 28.7 Å². The summed E-state index contributed by atoms with van der Waals surface area (Å²) in [5.41, 5.74) is 4.04. The molecular formula is C36H60N8O10. The third-order valence-electron chi connectivity index (χ3n) is 10.7. The number of rotatable bonds is 6. The number of urea groups is 2. The summed E-state index contributed by atoms with van der Waals surface area (Å²) in [6.07, 6.45) is 4.49. The maximum absolute atomic E-state index is 12.5. The van der Waals surface area contributed by atoms with Gasteiger partial charge in [0.2, 0.25) is 0 Å². The molecule has 18 nitrogen and oxygen atoms in total. The Morgan fingerprint density at radius 2 is 0.889 bits per heavy atom. The lowest BCUT2D eigenvalue weighted by atomic mass is 10.0. The minimum absolute atomic E-state index is 0.0941. The van der Waals surface area contributed by atoms with Crippen molar-refractivity contribution in [2.75, 3.05) is 53.4 Å². The molecule has 18 heteroatoms. The molecule has 0 saturated carbocycles. The number of ether oxygens (including phenoxy) is 2. The van der Waals surface area contributed by atoms with Crippen molar-refractivity contribution >= 4 is 36.1 Å². The highest BCUT2D eigenvalue weighted by Gasteiger charge is 2.47. The van der Waals surface area contributed by atoms with Crippen LogP contribution < -0.4 is 11.0 Å². The number of hydroxylamine groups is 2. The van der Waals surface area contributed by atoms with Crippen LogP contribution in [0.1, 0.15) is 92.9 Å². The molecule has 6 heterocycles. The van der Waals surface area contributed by atoms with E-state index >= 15 is 0 Å². The highest BCUT2D eigenvalue weighted by molar-refractivity contribution is 5.89. The van der Waals surface area contributed by atoms with Gasteiger partial charge in [-0.2, -0.15) is 0 Å². The fourth-order valence-electron chi connectivity index (χ4n) is 7.61. The largest absolute Gasteiger partial charge is 0.444 e. The Bertz CT molecular complexity index is 1300. The molecule has 6 aliphatic heterocycles. The van der Waals surface area contributed by atoms with Gasteiger partial charge in [-0.25, -0.2) is 30.1 Å². The van der Waals surface area contributed by atoms with Crippen LogP contribution in [-0.4, -0.2) is 166 Å². The fourth-order valence-corrected chi connectivity index (χ4v) is 7.61. The van der Waals surface area contributed by atoms with Crippen LogP contribution in [0.2, 0.25) is 0 Å². The van der Waals surface area contributed by atoms with Gasteiger partial charge < -0.3 is 38.9 Å². The van der Waals surface area contributed by atoms with E-state index in [9.17, 15) is 28.8 Å². The highest BCUT2D eigenvalue weighted by atomic mass is 16.7. The molecule has 6 aliphatic rings. The predicted molar refractivity (Wildman–Crippen MR) is 193 cm³/mol. The van der Waals surface area contributed by atoms with E-state index < -0.39 is 23.3 Å². The van der Waals surface area contributed by atoms with Crippen molar-refractivity contribution in [3.63, 3.8) is 0 Å². The van der Waals surface area contributed by atoms with Gasteiger partial charge in [0.15, 0.2) is 0 Å². The molecule has 8 amide bonds. The van der Waals surface area contributed by atoms with Crippen LogP contribution in [0.4, 0.5) is 19.2 Å². The smallest absolute Gasteiger partial charge is 0.410 e. The minimum Gasteiger partial charge on any atom is -0.444 e. The Balaban J connectivity index is 0.000000208. The number of carbonyl (C=O) groups excluding carboxylic acids is 6. The molecule has 4 atom stereocenters. The molecular weight excluding hydrogens is 704 g/mol. The van der Waals surface area contributed by atoms with Crippen molar-refractivity contribution in [3.8, 4) is 0 Å². The van der Waals surface area contributed by atoms with Crippen molar-refractivity contribution in [2.24, 2.45) is 0 Å². The van der Waals surface area contributed by atoms with Crippen molar-refractivity contribution in [1.82, 2.24) is 40.4 Å². The Labute approximate surface area is 317 Å². The van der Waals surface area contributed by atoms with Gasteiger partial charge in [0.1, 0.15) is 23.3 Å². The summed E-state index contributed by atoms with van der Waals surface area (Å²) < 4.78 is 10.7. The average Bonchev–Trinajstić information content (AvgIpc) is 3.47. The second-order valence-corrected chi connectivity index (χ2v) is 17.1. The molecule has 54 heavy (non-hydrogen) atoms. The number of hydrogen-bond donors (Lipinski definition) is 2.